The van der Waals surface area contributed by atoms with E-state index in [1.807, 2.05) is 60.7 Å². The van der Waals surface area contributed by atoms with E-state index in [0.29, 0.717) is 17.6 Å². The minimum absolute atomic E-state index is 0.533. The van der Waals surface area contributed by atoms with Gasteiger partial charge in [-0.2, -0.15) is 9.97 Å². The molecule has 0 N–H and O–H groups in total. The molecule has 13 aromatic rings. The summed E-state index contributed by atoms with van der Waals surface area (Å²) in [5, 5.41) is 6.53. The van der Waals surface area contributed by atoms with E-state index in [4.69, 9.17) is 23.8 Å². The van der Waals surface area contributed by atoms with Crippen molar-refractivity contribution in [2.24, 2.45) is 0 Å². The van der Waals surface area contributed by atoms with Crippen molar-refractivity contribution in [1.29, 1.82) is 0 Å². The Hall–Kier alpha value is -8.61. The molecule has 0 unspecified atom stereocenters. The predicted molar refractivity (Wildman–Crippen MR) is 256 cm³/mol. The first-order chi connectivity index (χ1) is 31.2. The standard InChI is InChI=1S/C57H34N4O2/c1-3-11-35(12-4-1)36-19-21-37(22-20-36)40-24-28-47-48-29-25-41(33-53(48)63-52(47)32-40)39-23-27-44-43-15-7-9-17-49(43)61(50(44)31-39)57-59-55(38-13-5-2-6-14-38)58-56(60-57)42-26-30-46-45-16-8-10-18-51(45)62-54(46)34-42/h1-34H. The molecule has 6 nitrogen and oxygen atoms in total. The van der Waals surface area contributed by atoms with Crippen LogP contribution in [-0.4, -0.2) is 19.5 Å². The lowest BCUT2D eigenvalue weighted by molar-refractivity contribution is 0.668. The first kappa shape index (κ1) is 35.2. The fourth-order valence-corrected chi connectivity index (χ4v) is 9.16. The Morgan fingerprint density at radius 1 is 0.270 bits per heavy atom. The SMILES string of the molecule is c1ccc(-c2ccc(-c3ccc4c(c3)oc3cc(-c5ccc6c7ccccc7n(-c7nc(-c8ccccc8)nc(-c8ccc9c(c8)oc8ccccc89)n7)c6c5)ccc34)cc2)cc1. The van der Waals surface area contributed by atoms with Crippen LogP contribution in [0.15, 0.2) is 215 Å². The second-order valence-electron chi connectivity index (χ2n) is 16.0. The van der Waals surface area contributed by atoms with E-state index in [2.05, 4.69) is 150 Å². The third-order valence-corrected chi connectivity index (χ3v) is 12.3. The van der Waals surface area contributed by atoms with E-state index in [1.54, 1.807) is 0 Å². The highest BCUT2D eigenvalue weighted by molar-refractivity contribution is 6.11. The lowest BCUT2D eigenvalue weighted by Crippen LogP contribution is -2.06. The van der Waals surface area contributed by atoms with E-state index < -0.39 is 0 Å². The minimum atomic E-state index is 0.533. The molecule has 9 aromatic carbocycles. The summed E-state index contributed by atoms with van der Waals surface area (Å²) in [4.78, 5) is 15.5. The molecule has 4 heterocycles. The Morgan fingerprint density at radius 2 is 0.683 bits per heavy atom. The highest BCUT2D eigenvalue weighted by Crippen LogP contribution is 2.39. The normalized spacial score (nSPS) is 11.8. The number of hydrogen-bond acceptors (Lipinski definition) is 5. The molecule has 0 radical (unpaired) electrons. The fraction of sp³-hybridized carbons (Fsp3) is 0. The van der Waals surface area contributed by atoms with Crippen molar-refractivity contribution >= 4 is 65.7 Å². The van der Waals surface area contributed by atoms with Crippen LogP contribution in [0.4, 0.5) is 0 Å². The molecule has 0 atom stereocenters. The van der Waals surface area contributed by atoms with Gasteiger partial charge in [-0.1, -0.05) is 152 Å². The molecule has 0 bridgehead atoms. The zero-order chi connectivity index (χ0) is 41.4. The summed E-state index contributed by atoms with van der Waals surface area (Å²) in [5.74, 6) is 1.68. The lowest BCUT2D eigenvalue weighted by atomic mass is 9.99. The van der Waals surface area contributed by atoms with Crippen LogP contribution in [0.1, 0.15) is 0 Å². The van der Waals surface area contributed by atoms with Crippen LogP contribution in [-0.2, 0) is 0 Å². The number of nitrogens with zero attached hydrogens (tertiary/aromatic N) is 4. The number of para-hydroxylation sites is 2. The predicted octanol–water partition coefficient (Wildman–Crippen LogP) is 15.1. The number of fused-ring (bicyclic) bond motifs is 9. The molecule has 0 spiro atoms. The van der Waals surface area contributed by atoms with Crippen molar-refractivity contribution in [3.63, 3.8) is 0 Å². The molecule has 0 fully saturated rings. The van der Waals surface area contributed by atoms with E-state index in [9.17, 15) is 0 Å². The zero-order valence-electron chi connectivity index (χ0n) is 33.7. The molecule has 13 rings (SSSR count). The number of hydrogen-bond donors (Lipinski definition) is 0. The van der Waals surface area contributed by atoms with Crippen LogP contribution >= 0.6 is 0 Å². The summed E-state index contributed by atoms with van der Waals surface area (Å²) in [6.07, 6.45) is 0. The topological polar surface area (TPSA) is 69.9 Å². The Balaban J connectivity index is 0.928. The van der Waals surface area contributed by atoms with Gasteiger partial charge in [0, 0.05) is 43.4 Å². The second-order valence-corrected chi connectivity index (χ2v) is 16.0. The molecule has 4 aromatic heterocycles. The molecular formula is C57H34N4O2. The van der Waals surface area contributed by atoms with Crippen molar-refractivity contribution < 1.29 is 8.83 Å². The van der Waals surface area contributed by atoms with E-state index in [0.717, 1.165) is 99.1 Å². The molecule has 0 saturated heterocycles. The van der Waals surface area contributed by atoms with Gasteiger partial charge in [-0.15, -0.1) is 0 Å². The molecular weight excluding hydrogens is 773 g/mol. The molecule has 0 amide bonds. The summed E-state index contributed by atoms with van der Waals surface area (Å²) in [5.41, 5.74) is 13.9. The zero-order valence-corrected chi connectivity index (χ0v) is 33.7. The Morgan fingerprint density at radius 3 is 1.37 bits per heavy atom. The lowest BCUT2D eigenvalue weighted by Gasteiger charge is -2.11. The van der Waals surface area contributed by atoms with Gasteiger partial charge in [0.2, 0.25) is 5.95 Å². The van der Waals surface area contributed by atoms with E-state index >= 15 is 0 Å². The molecule has 6 heteroatoms. The second kappa shape index (κ2) is 14.0. The van der Waals surface area contributed by atoms with Gasteiger partial charge in [0.05, 0.1) is 11.0 Å². The maximum absolute atomic E-state index is 6.61. The van der Waals surface area contributed by atoms with E-state index in [1.165, 1.54) is 11.1 Å². The van der Waals surface area contributed by atoms with E-state index in [-0.39, 0.29) is 0 Å². The molecule has 0 saturated carbocycles. The highest BCUT2D eigenvalue weighted by atomic mass is 16.3. The first-order valence-corrected chi connectivity index (χ1v) is 21.1. The monoisotopic (exact) mass is 806 g/mol. The number of benzene rings is 9. The molecule has 0 aliphatic carbocycles. The number of aromatic nitrogens is 4. The molecule has 0 aliphatic heterocycles. The van der Waals surface area contributed by atoms with Crippen molar-refractivity contribution in [1.82, 2.24) is 19.5 Å². The van der Waals surface area contributed by atoms with Crippen LogP contribution < -0.4 is 0 Å². The Labute approximate surface area is 361 Å². The van der Waals surface area contributed by atoms with Crippen molar-refractivity contribution in [3.05, 3.63) is 206 Å². The summed E-state index contributed by atoms with van der Waals surface area (Å²) in [6, 6.07) is 71.7. The van der Waals surface area contributed by atoms with Crippen LogP contribution in [0, 0.1) is 0 Å². The highest BCUT2D eigenvalue weighted by Gasteiger charge is 2.20. The Kier molecular flexibility index (Phi) is 7.80. The molecule has 63 heavy (non-hydrogen) atoms. The quantitative estimate of drug-likeness (QED) is 0.167. The average molecular weight is 807 g/mol. The minimum Gasteiger partial charge on any atom is -0.456 e. The van der Waals surface area contributed by atoms with Crippen LogP contribution in [0.25, 0.3) is 128 Å². The van der Waals surface area contributed by atoms with Gasteiger partial charge < -0.3 is 8.83 Å². The van der Waals surface area contributed by atoms with Gasteiger partial charge in [-0.05, 0) is 88.0 Å². The van der Waals surface area contributed by atoms with Gasteiger partial charge in [0.1, 0.15) is 22.3 Å². The Bertz CT molecular complexity index is 3900. The fourth-order valence-electron chi connectivity index (χ4n) is 9.16. The average Bonchev–Trinajstić information content (AvgIpc) is 4.03. The first-order valence-electron chi connectivity index (χ1n) is 21.1. The van der Waals surface area contributed by atoms with Crippen LogP contribution in [0.3, 0.4) is 0 Å². The smallest absolute Gasteiger partial charge is 0.238 e. The van der Waals surface area contributed by atoms with Crippen LogP contribution in [0.2, 0.25) is 0 Å². The molecule has 0 aliphatic rings. The van der Waals surface area contributed by atoms with Crippen molar-refractivity contribution in [3.8, 4) is 62.1 Å². The summed E-state index contributed by atoms with van der Waals surface area (Å²) < 4.78 is 15.1. The number of furan rings is 2. The van der Waals surface area contributed by atoms with Gasteiger partial charge in [0.15, 0.2) is 11.6 Å². The largest absolute Gasteiger partial charge is 0.456 e. The third-order valence-electron chi connectivity index (χ3n) is 12.3. The van der Waals surface area contributed by atoms with Gasteiger partial charge in [0.25, 0.3) is 0 Å². The van der Waals surface area contributed by atoms with Gasteiger partial charge in [-0.25, -0.2) is 4.98 Å². The van der Waals surface area contributed by atoms with Crippen LogP contribution in [0.5, 0.6) is 0 Å². The van der Waals surface area contributed by atoms with Crippen molar-refractivity contribution in [2.75, 3.05) is 0 Å². The molecule has 294 valence electrons. The third kappa shape index (κ3) is 5.84. The summed E-state index contributed by atoms with van der Waals surface area (Å²) >= 11 is 0. The van der Waals surface area contributed by atoms with Gasteiger partial charge in [-0.3, -0.25) is 4.57 Å². The van der Waals surface area contributed by atoms with Crippen molar-refractivity contribution in [2.45, 2.75) is 0 Å². The number of rotatable bonds is 6. The maximum atomic E-state index is 6.61. The summed E-state index contributed by atoms with van der Waals surface area (Å²) in [7, 11) is 0. The summed E-state index contributed by atoms with van der Waals surface area (Å²) in [6.45, 7) is 0. The van der Waals surface area contributed by atoms with Gasteiger partial charge >= 0.3 is 0 Å². The maximum Gasteiger partial charge on any atom is 0.238 e.